The SMILES string of the molecule is COC(=O)[C@H](Cc1ccc(Oc2ccnc3c2ccn3Cc2ccc(C)cc2)cc1)NC(=O)OC(C)(C)C. The summed E-state index contributed by atoms with van der Waals surface area (Å²) in [5, 5.41) is 3.51. The van der Waals surface area contributed by atoms with Gasteiger partial charge in [0.1, 0.15) is 28.8 Å². The molecule has 1 atom stereocenters. The van der Waals surface area contributed by atoms with Crippen molar-refractivity contribution < 1.29 is 23.8 Å². The summed E-state index contributed by atoms with van der Waals surface area (Å²) in [6, 6.07) is 18.8. The van der Waals surface area contributed by atoms with Gasteiger partial charge < -0.3 is 24.1 Å². The van der Waals surface area contributed by atoms with Gasteiger partial charge in [0.15, 0.2) is 0 Å². The summed E-state index contributed by atoms with van der Waals surface area (Å²) in [6.45, 7) is 8.06. The summed E-state index contributed by atoms with van der Waals surface area (Å²) >= 11 is 0. The van der Waals surface area contributed by atoms with Crippen LogP contribution in [0.1, 0.15) is 37.5 Å². The number of aryl methyl sites for hydroxylation is 1. The molecule has 0 saturated heterocycles. The van der Waals surface area contributed by atoms with E-state index in [2.05, 4.69) is 46.1 Å². The number of hydrogen-bond donors (Lipinski definition) is 1. The van der Waals surface area contributed by atoms with Crippen LogP contribution in [0.5, 0.6) is 11.5 Å². The second kappa shape index (κ2) is 11.4. The Kier molecular flexibility index (Phi) is 8.00. The Balaban J connectivity index is 1.45. The van der Waals surface area contributed by atoms with Gasteiger partial charge in [0.2, 0.25) is 0 Å². The largest absolute Gasteiger partial charge is 0.467 e. The fourth-order valence-corrected chi connectivity index (χ4v) is 4.01. The molecule has 38 heavy (non-hydrogen) atoms. The van der Waals surface area contributed by atoms with Crippen LogP contribution in [0, 0.1) is 6.92 Å². The molecule has 1 amide bonds. The molecule has 0 aliphatic heterocycles. The molecule has 0 aliphatic rings. The van der Waals surface area contributed by atoms with Crippen molar-refractivity contribution in [1.29, 1.82) is 0 Å². The second-order valence-corrected chi connectivity index (χ2v) is 10.1. The van der Waals surface area contributed by atoms with E-state index in [1.165, 1.54) is 18.2 Å². The predicted octanol–water partition coefficient (Wildman–Crippen LogP) is 5.79. The Morgan fingerprint density at radius 3 is 2.32 bits per heavy atom. The fourth-order valence-electron chi connectivity index (χ4n) is 4.01. The van der Waals surface area contributed by atoms with E-state index in [0.29, 0.717) is 18.0 Å². The minimum absolute atomic E-state index is 0.244. The lowest BCUT2D eigenvalue weighted by Gasteiger charge is -2.22. The third kappa shape index (κ3) is 6.91. The highest BCUT2D eigenvalue weighted by molar-refractivity contribution is 5.83. The van der Waals surface area contributed by atoms with Gasteiger partial charge in [-0.05, 0) is 63.1 Å². The van der Waals surface area contributed by atoms with Gasteiger partial charge in [0, 0.05) is 25.4 Å². The monoisotopic (exact) mass is 515 g/mol. The van der Waals surface area contributed by atoms with Gasteiger partial charge in [0.05, 0.1) is 12.5 Å². The third-order valence-electron chi connectivity index (χ3n) is 5.86. The summed E-state index contributed by atoms with van der Waals surface area (Å²) in [5.41, 5.74) is 3.42. The zero-order valence-corrected chi connectivity index (χ0v) is 22.4. The normalized spacial score (nSPS) is 12.1. The van der Waals surface area contributed by atoms with Gasteiger partial charge in [-0.15, -0.1) is 0 Å². The number of amides is 1. The number of carbonyl (C=O) groups is 2. The van der Waals surface area contributed by atoms with E-state index in [1.54, 1.807) is 27.0 Å². The van der Waals surface area contributed by atoms with Crippen molar-refractivity contribution in [3.05, 3.63) is 89.7 Å². The first-order chi connectivity index (χ1) is 18.1. The minimum Gasteiger partial charge on any atom is -0.467 e. The maximum atomic E-state index is 12.3. The first-order valence-corrected chi connectivity index (χ1v) is 12.4. The minimum atomic E-state index is -0.880. The lowest BCUT2D eigenvalue weighted by atomic mass is 10.1. The van der Waals surface area contributed by atoms with Gasteiger partial charge in [-0.25, -0.2) is 14.6 Å². The zero-order chi connectivity index (χ0) is 27.3. The summed E-state index contributed by atoms with van der Waals surface area (Å²) < 4.78 is 18.4. The molecule has 0 unspecified atom stereocenters. The number of ether oxygens (including phenoxy) is 3. The third-order valence-corrected chi connectivity index (χ3v) is 5.86. The number of rotatable bonds is 8. The quantitative estimate of drug-likeness (QED) is 0.299. The molecule has 8 heteroatoms. The van der Waals surface area contributed by atoms with E-state index in [-0.39, 0.29) is 6.42 Å². The molecule has 0 radical (unpaired) electrons. The number of fused-ring (bicyclic) bond motifs is 1. The highest BCUT2D eigenvalue weighted by Gasteiger charge is 2.25. The number of carbonyl (C=O) groups excluding carboxylic acids is 2. The fraction of sp³-hybridized carbons (Fsp3) is 0.300. The zero-order valence-electron chi connectivity index (χ0n) is 22.4. The number of nitrogens with zero attached hydrogens (tertiary/aromatic N) is 2. The molecule has 0 saturated carbocycles. The van der Waals surface area contributed by atoms with Crippen molar-refractivity contribution in [2.75, 3.05) is 7.11 Å². The van der Waals surface area contributed by atoms with E-state index < -0.39 is 23.7 Å². The van der Waals surface area contributed by atoms with Crippen molar-refractivity contribution in [2.45, 2.75) is 52.3 Å². The van der Waals surface area contributed by atoms with Crippen molar-refractivity contribution in [2.24, 2.45) is 0 Å². The van der Waals surface area contributed by atoms with Gasteiger partial charge in [-0.2, -0.15) is 0 Å². The number of methoxy groups -OCH3 is 1. The summed E-state index contributed by atoms with van der Waals surface area (Å²) in [7, 11) is 1.28. The van der Waals surface area contributed by atoms with Crippen LogP contribution in [0.15, 0.2) is 73.1 Å². The van der Waals surface area contributed by atoms with E-state index in [0.717, 1.165) is 16.6 Å². The van der Waals surface area contributed by atoms with Crippen molar-refractivity contribution in [3.63, 3.8) is 0 Å². The first kappa shape index (κ1) is 26.7. The Labute approximate surface area is 222 Å². The van der Waals surface area contributed by atoms with E-state index in [4.69, 9.17) is 14.2 Å². The predicted molar refractivity (Wildman–Crippen MR) is 145 cm³/mol. The summed E-state index contributed by atoms with van der Waals surface area (Å²) in [6.07, 6.45) is 3.32. The number of nitrogens with one attached hydrogen (secondary N) is 1. The highest BCUT2D eigenvalue weighted by Crippen LogP contribution is 2.30. The molecule has 4 rings (SSSR count). The maximum absolute atomic E-state index is 12.3. The molecule has 0 fully saturated rings. The van der Waals surface area contributed by atoms with Crippen LogP contribution in [-0.2, 0) is 27.2 Å². The Morgan fingerprint density at radius 1 is 0.974 bits per heavy atom. The Hall–Kier alpha value is -4.33. The molecular weight excluding hydrogens is 482 g/mol. The Bertz CT molecular complexity index is 1400. The van der Waals surface area contributed by atoms with Crippen LogP contribution in [0.4, 0.5) is 4.79 Å². The molecule has 0 bridgehead atoms. The van der Waals surface area contributed by atoms with E-state index in [9.17, 15) is 9.59 Å². The standard InChI is InChI=1S/C30H33N3O5/c1-20-6-8-22(9-7-20)19-33-17-15-24-26(14-16-31-27(24)33)37-23-12-10-21(11-13-23)18-25(28(34)36-5)32-29(35)38-30(2,3)4/h6-17,25H,18-19H2,1-5H3,(H,32,35)/t25-/m0/s1. The van der Waals surface area contributed by atoms with Gasteiger partial charge in [0.25, 0.3) is 0 Å². The van der Waals surface area contributed by atoms with Gasteiger partial charge in [-0.3, -0.25) is 0 Å². The van der Waals surface area contributed by atoms with Crippen LogP contribution in [0.2, 0.25) is 0 Å². The molecule has 2 aromatic carbocycles. The van der Waals surface area contributed by atoms with Crippen molar-refractivity contribution >= 4 is 23.1 Å². The smallest absolute Gasteiger partial charge is 0.408 e. The Morgan fingerprint density at radius 2 is 1.66 bits per heavy atom. The molecule has 1 N–H and O–H groups in total. The highest BCUT2D eigenvalue weighted by atomic mass is 16.6. The molecule has 8 nitrogen and oxygen atoms in total. The topological polar surface area (TPSA) is 91.7 Å². The van der Waals surface area contributed by atoms with Gasteiger partial charge >= 0.3 is 12.1 Å². The summed E-state index contributed by atoms with van der Waals surface area (Å²) in [4.78, 5) is 29.0. The van der Waals surface area contributed by atoms with Crippen LogP contribution >= 0.6 is 0 Å². The maximum Gasteiger partial charge on any atom is 0.408 e. The molecule has 2 aromatic heterocycles. The molecule has 4 aromatic rings. The summed E-state index contributed by atoms with van der Waals surface area (Å²) in [5.74, 6) is 0.789. The van der Waals surface area contributed by atoms with Crippen molar-refractivity contribution in [3.8, 4) is 11.5 Å². The average Bonchev–Trinajstić information content (AvgIpc) is 3.28. The molecule has 198 valence electrons. The number of benzene rings is 2. The average molecular weight is 516 g/mol. The number of esters is 1. The van der Waals surface area contributed by atoms with E-state index in [1.807, 2.05) is 42.6 Å². The number of hydrogen-bond acceptors (Lipinski definition) is 6. The first-order valence-electron chi connectivity index (χ1n) is 12.4. The molecule has 2 heterocycles. The molecule has 0 aliphatic carbocycles. The van der Waals surface area contributed by atoms with Crippen LogP contribution < -0.4 is 10.1 Å². The molecular formula is C30H33N3O5. The van der Waals surface area contributed by atoms with Crippen LogP contribution in [0.25, 0.3) is 11.0 Å². The number of aromatic nitrogens is 2. The second-order valence-electron chi connectivity index (χ2n) is 10.1. The number of alkyl carbamates (subject to hydrolysis) is 1. The van der Waals surface area contributed by atoms with Crippen LogP contribution in [0.3, 0.4) is 0 Å². The molecule has 0 spiro atoms. The van der Waals surface area contributed by atoms with Crippen LogP contribution in [-0.4, -0.2) is 40.4 Å². The van der Waals surface area contributed by atoms with Crippen molar-refractivity contribution in [1.82, 2.24) is 14.9 Å². The lowest BCUT2D eigenvalue weighted by Crippen LogP contribution is -2.45. The van der Waals surface area contributed by atoms with E-state index >= 15 is 0 Å². The van der Waals surface area contributed by atoms with Gasteiger partial charge in [-0.1, -0.05) is 42.0 Å². The number of pyridine rings is 1. The lowest BCUT2D eigenvalue weighted by molar-refractivity contribution is -0.143.